The summed E-state index contributed by atoms with van der Waals surface area (Å²) in [6.07, 6.45) is 0.763. The second-order valence-electron chi connectivity index (χ2n) is 7.31. The minimum absolute atomic E-state index is 0.0922. The number of benzene rings is 2. The zero-order chi connectivity index (χ0) is 19.9. The summed E-state index contributed by atoms with van der Waals surface area (Å²) in [5.41, 5.74) is 3.14. The summed E-state index contributed by atoms with van der Waals surface area (Å²) in [6, 6.07) is 16.8. The van der Waals surface area contributed by atoms with Crippen LogP contribution in [0.3, 0.4) is 0 Å². The third-order valence-corrected chi connectivity index (χ3v) is 4.12. The van der Waals surface area contributed by atoms with Crippen LogP contribution >= 0.6 is 0 Å². The molecule has 0 radical (unpaired) electrons. The minimum Gasteiger partial charge on any atom is -0.456 e. The number of carbonyl (C=O) groups is 2. The Bertz CT molecular complexity index is 843. The van der Waals surface area contributed by atoms with E-state index in [9.17, 15) is 9.59 Å². The Morgan fingerprint density at radius 3 is 2.37 bits per heavy atom. The topological polar surface area (TPSA) is 79.2 Å². The van der Waals surface area contributed by atoms with Crippen molar-refractivity contribution in [3.05, 3.63) is 65.2 Å². The summed E-state index contributed by atoms with van der Waals surface area (Å²) in [4.78, 5) is 23.8. The van der Waals surface area contributed by atoms with Gasteiger partial charge in [0, 0.05) is 6.42 Å². The Morgan fingerprint density at radius 1 is 1.07 bits per heavy atom. The molecule has 1 N–H and O–H groups in total. The van der Waals surface area contributed by atoms with Gasteiger partial charge in [0.15, 0.2) is 6.61 Å². The Hall–Kier alpha value is -3.13. The van der Waals surface area contributed by atoms with E-state index in [-0.39, 0.29) is 18.4 Å². The molecule has 5 nitrogen and oxygen atoms in total. The van der Waals surface area contributed by atoms with Crippen LogP contribution in [-0.2, 0) is 26.2 Å². The molecule has 27 heavy (non-hydrogen) atoms. The lowest BCUT2D eigenvalue weighted by atomic mass is 9.86. The number of aryl methyl sites for hydroxylation is 1. The van der Waals surface area contributed by atoms with Crippen LogP contribution < -0.4 is 5.32 Å². The molecule has 140 valence electrons. The summed E-state index contributed by atoms with van der Waals surface area (Å²) < 4.78 is 5.02. The summed E-state index contributed by atoms with van der Waals surface area (Å²) in [6.45, 7) is 6.08. The molecule has 0 atom stereocenters. The molecular weight excluding hydrogens is 340 g/mol. The second-order valence-corrected chi connectivity index (χ2v) is 7.31. The maximum Gasteiger partial charge on any atom is 0.306 e. The van der Waals surface area contributed by atoms with Crippen molar-refractivity contribution in [2.24, 2.45) is 0 Å². The molecule has 0 saturated carbocycles. The van der Waals surface area contributed by atoms with Crippen LogP contribution in [0.4, 0.5) is 5.69 Å². The molecule has 2 aromatic rings. The smallest absolute Gasteiger partial charge is 0.306 e. The van der Waals surface area contributed by atoms with Crippen molar-refractivity contribution < 1.29 is 14.3 Å². The first-order valence-corrected chi connectivity index (χ1v) is 8.83. The molecule has 2 aromatic carbocycles. The van der Waals surface area contributed by atoms with Gasteiger partial charge in [-0.15, -0.1) is 0 Å². The molecule has 2 rings (SSSR count). The highest BCUT2D eigenvalue weighted by molar-refractivity contribution is 5.93. The number of nitrogens with one attached hydrogen (secondary N) is 1. The van der Waals surface area contributed by atoms with Crippen molar-refractivity contribution in [1.82, 2.24) is 0 Å². The van der Waals surface area contributed by atoms with Crippen molar-refractivity contribution in [3.8, 4) is 6.07 Å². The average Bonchev–Trinajstić information content (AvgIpc) is 2.64. The highest BCUT2D eigenvalue weighted by atomic mass is 16.5. The van der Waals surface area contributed by atoms with E-state index in [4.69, 9.17) is 10.00 Å². The first kappa shape index (κ1) is 20.2. The normalized spacial score (nSPS) is 10.7. The van der Waals surface area contributed by atoms with Crippen LogP contribution in [0, 0.1) is 11.3 Å². The number of para-hydroxylation sites is 1. The van der Waals surface area contributed by atoms with Gasteiger partial charge in [0.05, 0.1) is 11.3 Å². The lowest BCUT2D eigenvalue weighted by Crippen LogP contribution is -2.21. The van der Waals surface area contributed by atoms with Crippen LogP contribution in [0.5, 0.6) is 0 Å². The molecule has 5 heteroatoms. The van der Waals surface area contributed by atoms with Gasteiger partial charge in [-0.3, -0.25) is 9.59 Å². The lowest BCUT2D eigenvalue weighted by molar-refractivity contribution is -0.147. The van der Waals surface area contributed by atoms with E-state index >= 15 is 0 Å². The van der Waals surface area contributed by atoms with Crippen LogP contribution in [0.25, 0.3) is 0 Å². The predicted molar refractivity (Wildman–Crippen MR) is 104 cm³/mol. The van der Waals surface area contributed by atoms with Crippen molar-refractivity contribution in [2.75, 3.05) is 11.9 Å². The van der Waals surface area contributed by atoms with Crippen molar-refractivity contribution in [3.63, 3.8) is 0 Å². The summed E-state index contributed by atoms with van der Waals surface area (Å²) >= 11 is 0. The average molecular weight is 364 g/mol. The van der Waals surface area contributed by atoms with Crippen molar-refractivity contribution >= 4 is 17.6 Å². The van der Waals surface area contributed by atoms with Gasteiger partial charge in [0.25, 0.3) is 5.91 Å². The minimum atomic E-state index is -0.472. The van der Waals surface area contributed by atoms with Crippen LogP contribution in [0.1, 0.15) is 43.9 Å². The maximum absolute atomic E-state index is 11.9. The largest absolute Gasteiger partial charge is 0.456 e. The number of carbonyl (C=O) groups excluding carboxylic acids is 2. The fourth-order valence-corrected chi connectivity index (χ4v) is 2.51. The van der Waals surface area contributed by atoms with E-state index in [2.05, 4.69) is 38.2 Å². The van der Waals surface area contributed by atoms with Crippen molar-refractivity contribution in [1.29, 1.82) is 5.26 Å². The summed E-state index contributed by atoms with van der Waals surface area (Å²) in [5, 5.41) is 11.6. The number of rotatable bonds is 6. The molecule has 0 aliphatic carbocycles. The number of hydrogen-bond acceptors (Lipinski definition) is 4. The number of esters is 1. The van der Waals surface area contributed by atoms with Crippen LogP contribution in [-0.4, -0.2) is 18.5 Å². The standard InChI is InChI=1S/C22H24N2O3/c1-22(2,3)18-11-8-16(9-12-18)10-13-21(26)27-15-20(25)24-19-7-5-4-6-17(19)14-23/h4-9,11-12H,10,13,15H2,1-3H3,(H,24,25). The zero-order valence-electron chi connectivity index (χ0n) is 15.9. The van der Waals surface area contributed by atoms with E-state index in [0.717, 1.165) is 5.56 Å². The Balaban J connectivity index is 1.77. The van der Waals surface area contributed by atoms with Crippen LogP contribution in [0.2, 0.25) is 0 Å². The Morgan fingerprint density at radius 2 is 1.74 bits per heavy atom. The van der Waals surface area contributed by atoms with E-state index < -0.39 is 11.9 Å². The number of ether oxygens (including phenoxy) is 1. The molecule has 0 saturated heterocycles. The lowest BCUT2D eigenvalue weighted by Gasteiger charge is -2.19. The van der Waals surface area contributed by atoms with Gasteiger partial charge < -0.3 is 10.1 Å². The fourth-order valence-electron chi connectivity index (χ4n) is 2.51. The summed E-state index contributed by atoms with van der Waals surface area (Å²) in [7, 11) is 0. The monoisotopic (exact) mass is 364 g/mol. The van der Waals surface area contributed by atoms with Gasteiger partial charge in [0.2, 0.25) is 0 Å². The molecule has 0 heterocycles. The van der Waals surface area contributed by atoms with Gasteiger partial charge in [0.1, 0.15) is 6.07 Å². The molecule has 0 spiro atoms. The number of hydrogen-bond donors (Lipinski definition) is 1. The third kappa shape index (κ3) is 6.27. The van der Waals surface area contributed by atoms with Gasteiger partial charge in [-0.05, 0) is 35.1 Å². The number of nitrogens with zero attached hydrogens (tertiary/aromatic N) is 1. The molecular formula is C22H24N2O3. The first-order chi connectivity index (χ1) is 12.8. The maximum atomic E-state index is 11.9. The summed E-state index contributed by atoms with van der Waals surface area (Å²) in [5.74, 6) is -0.904. The van der Waals surface area contributed by atoms with Crippen molar-refractivity contribution in [2.45, 2.75) is 39.0 Å². The number of amides is 1. The Kier molecular flexibility index (Phi) is 6.73. The SMILES string of the molecule is CC(C)(C)c1ccc(CCC(=O)OCC(=O)Nc2ccccc2C#N)cc1. The van der Waals surface area contributed by atoms with Gasteiger partial charge in [-0.1, -0.05) is 57.2 Å². The highest BCUT2D eigenvalue weighted by Gasteiger charge is 2.13. The first-order valence-electron chi connectivity index (χ1n) is 8.83. The Labute approximate surface area is 160 Å². The van der Waals surface area contributed by atoms with Gasteiger partial charge in [-0.2, -0.15) is 5.26 Å². The zero-order valence-corrected chi connectivity index (χ0v) is 15.9. The molecule has 0 aromatic heterocycles. The van der Waals surface area contributed by atoms with Gasteiger partial charge in [-0.25, -0.2) is 0 Å². The second kappa shape index (κ2) is 9.00. The fraction of sp³-hybridized carbons (Fsp3) is 0.318. The molecule has 0 fully saturated rings. The van der Waals surface area contributed by atoms with E-state index in [1.165, 1.54) is 5.56 Å². The molecule has 0 bridgehead atoms. The van der Waals surface area contributed by atoms with Gasteiger partial charge >= 0.3 is 5.97 Å². The highest BCUT2D eigenvalue weighted by Crippen LogP contribution is 2.22. The molecule has 1 amide bonds. The van der Waals surface area contributed by atoms with E-state index in [1.807, 2.05) is 18.2 Å². The molecule has 0 aliphatic heterocycles. The molecule has 0 aliphatic rings. The van der Waals surface area contributed by atoms with E-state index in [1.54, 1.807) is 24.3 Å². The number of anilines is 1. The predicted octanol–water partition coefficient (Wildman–Crippen LogP) is 3.97. The number of nitriles is 1. The third-order valence-electron chi connectivity index (χ3n) is 4.12. The molecule has 0 unspecified atom stereocenters. The quantitative estimate of drug-likeness (QED) is 0.787. The van der Waals surface area contributed by atoms with E-state index in [0.29, 0.717) is 17.7 Å². The van der Waals surface area contributed by atoms with Crippen LogP contribution in [0.15, 0.2) is 48.5 Å².